The standard InChI is InChI=1S/C21H20FN3OS/c1-14-7-8-16(11-17(14)22)20(26)24-21-23-18-9-10-25(13-19(18)27-21)12-15-5-3-2-4-6-15/h2-8,11H,9-10,12-13H2,1H3,(H,23,24,26). The minimum Gasteiger partial charge on any atom is -0.298 e. The normalized spacial score (nSPS) is 14.0. The Hall–Kier alpha value is -2.57. The van der Waals surface area contributed by atoms with Gasteiger partial charge in [0.2, 0.25) is 0 Å². The molecule has 0 aliphatic carbocycles. The first-order chi connectivity index (χ1) is 13.1. The molecule has 1 amide bonds. The van der Waals surface area contributed by atoms with Gasteiger partial charge in [0.15, 0.2) is 5.13 Å². The van der Waals surface area contributed by atoms with Gasteiger partial charge in [-0.05, 0) is 30.2 Å². The molecular formula is C21H20FN3OS. The van der Waals surface area contributed by atoms with Crippen molar-refractivity contribution < 1.29 is 9.18 Å². The minimum atomic E-state index is -0.377. The maximum atomic E-state index is 13.7. The average molecular weight is 381 g/mol. The first-order valence-corrected chi connectivity index (χ1v) is 9.72. The number of halogens is 1. The fraction of sp³-hybridized carbons (Fsp3) is 0.238. The molecule has 4 rings (SSSR count). The van der Waals surface area contributed by atoms with Crippen LogP contribution in [0.1, 0.15) is 32.1 Å². The van der Waals surface area contributed by atoms with Crippen molar-refractivity contribution in [2.75, 3.05) is 11.9 Å². The molecule has 0 atom stereocenters. The minimum absolute atomic E-state index is 0.303. The predicted molar refractivity (Wildman–Crippen MR) is 105 cm³/mol. The number of hydrogen-bond acceptors (Lipinski definition) is 4. The zero-order chi connectivity index (χ0) is 18.8. The van der Waals surface area contributed by atoms with Crippen LogP contribution in [0.15, 0.2) is 48.5 Å². The van der Waals surface area contributed by atoms with Gasteiger partial charge in [0.1, 0.15) is 5.82 Å². The summed E-state index contributed by atoms with van der Waals surface area (Å²) in [5.74, 6) is -0.709. The number of benzene rings is 2. The third kappa shape index (κ3) is 4.07. The Morgan fingerprint density at radius 3 is 2.85 bits per heavy atom. The van der Waals surface area contributed by atoms with E-state index in [0.29, 0.717) is 16.3 Å². The maximum Gasteiger partial charge on any atom is 0.257 e. The average Bonchev–Trinajstić information content (AvgIpc) is 3.06. The summed E-state index contributed by atoms with van der Waals surface area (Å²) in [5.41, 5.74) is 3.17. The monoisotopic (exact) mass is 381 g/mol. The van der Waals surface area contributed by atoms with Crippen LogP contribution in [0, 0.1) is 12.7 Å². The highest BCUT2D eigenvalue weighted by Gasteiger charge is 2.21. The molecule has 138 valence electrons. The van der Waals surface area contributed by atoms with Crippen LogP contribution in [0.3, 0.4) is 0 Å². The summed E-state index contributed by atoms with van der Waals surface area (Å²) in [6.45, 7) is 4.36. The summed E-state index contributed by atoms with van der Waals surface area (Å²) >= 11 is 1.50. The second-order valence-electron chi connectivity index (χ2n) is 6.75. The van der Waals surface area contributed by atoms with Gasteiger partial charge in [0, 0.05) is 36.5 Å². The van der Waals surface area contributed by atoms with Gasteiger partial charge in [0.25, 0.3) is 5.91 Å². The highest BCUT2D eigenvalue weighted by molar-refractivity contribution is 7.15. The molecule has 0 fully saturated rings. The molecule has 1 aromatic heterocycles. The molecule has 0 radical (unpaired) electrons. The maximum absolute atomic E-state index is 13.7. The number of nitrogens with zero attached hydrogens (tertiary/aromatic N) is 2. The van der Waals surface area contributed by atoms with E-state index in [9.17, 15) is 9.18 Å². The molecule has 27 heavy (non-hydrogen) atoms. The van der Waals surface area contributed by atoms with E-state index in [1.54, 1.807) is 19.1 Å². The predicted octanol–water partition coefficient (Wildman–Crippen LogP) is 4.40. The van der Waals surface area contributed by atoms with Crippen molar-refractivity contribution in [1.29, 1.82) is 0 Å². The number of hydrogen-bond donors (Lipinski definition) is 1. The number of anilines is 1. The first-order valence-electron chi connectivity index (χ1n) is 8.91. The Labute approximate surface area is 161 Å². The number of thiazole rings is 1. The number of aryl methyl sites for hydroxylation is 1. The molecule has 3 aromatic rings. The summed E-state index contributed by atoms with van der Waals surface area (Å²) in [4.78, 5) is 20.5. The van der Waals surface area contributed by atoms with Crippen LogP contribution >= 0.6 is 11.3 Å². The van der Waals surface area contributed by atoms with Gasteiger partial charge in [-0.2, -0.15) is 0 Å². The number of nitrogens with one attached hydrogen (secondary N) is 1. The van der Waals surface area contributed by atoms with Crippen LogP contribution in [-0.2, 0) is 19.5 Å². The second-order valence-corrected chi connectivity index (χ2v) is 7.84. The number of carbonyl (C=O) groups is 1. The number of fused-ring (bicyclic) bond motifs is 1. The highest BCUT2D eigenvalue weighted by atomic mass is 32.1. The Balaban J connectivity index is 1.43. The molecule has 0 unspecified atom stereocenters. The molecule has 1 N–H and O–H groups in total. The van der Waals surface area contributed by atoms with E-state index in [-0.39, 0.29) is 11.7 Å². The van der Waals surface area contributed by atoms with Gasteiger partial charge in [0.05, 0.1) is 5.69 Å². The van der Waals surface area contributed by atoms with Crippen LogP contribution < -0.4 is 5.32 Å². The SMILES string of the molecule is Cc1ccc(C(=O)Nc2nc3c(s2)CN(Cc2ccccc2)CC3)cc1F. The van der Waals surface area contributed by atoms with E-state index in [1.165, 1.54) is 27.8 Å². The van der Waals surface area contributed by atoms with E-state index in [4.69, 9.17) is 0 Å². The van der Waals surface area contributed by atoms with Crippen molar-refractivity contribution in [2.24, 2.45) is 0 Å². The van der Waals surface area contributed by atoms with Crippen LogP contribution in [-0.4, -0.2) is 22.3 Å². The van der Waals surface area contributed by atoms with Crippen LogP contribution in [0.4, 0.5) is 9.52 Å². The molecule has 0 saturated heterocycles. The summed E-state index contributed by atoms with van der Waals surface area (Å²) in [6.07, 6.45) is 0.869. The third-order valence-electron chi connectivity index (χ3n) is 4.71. The van der Waals surface area contributed by atoms with Crippen molar-refractivity contribution in [3.05, 3.63) is 81.6 Å². The smallest absolute Gasteiger partial charge is 0.257 e. The lowest BCUT2D eigenvalue weighted by Crippen LogP contribution is -2.29. The first kappa shape index (κ1) is 17.8. The van der Waals surface area contributed by atoms with Crippen molar-refractivity contribution in [1.82, 2.24) is 9.88 Å². The zero-order valence-corrected chi connectivity index (χ0v) is 15.9. The van der Waals surface area contributed by atoms with Crippen molar-refractivity contribution in [3.63, 3.8) is 0 Å². The Kier molecular flexibility index (Phi) is 5.01. The lowest BCUT2D eigenvalue weighted by Gasteiger charge is -2.25. The van der Waals surface area contributed by atoms with E-state index >= 15 is 0 Å². The van der Waals surface area contributed by atoms with Gasteiger partial charge in [-0.15, -0.1) is 11.3 Å². The van der Waals surface area contributed by atoms with Crippen molar-refractivity contribution in [2.45, 2.75) is 26.4 Å². The van der Waals surface area contributed by atoms with Gasteiger partial charge in [-0.1, -0.05) is 36.4 Å². The topological polar surface area (TPSA) is 45.2 Å². The molecule has 0 spiro atoms. The van der Waals surface area contributed by atoms with Crippen LogP contribution in [0.2, 0.25) is 0 Å². The Morgan fingerprint density at radius 1 is 1.26 bits per heavy atom. The zero-order valence-electron chi connectivity index (χ0n) is 15.0. The Bertz CT molecular complexity index is 971. The number of carbonyl (C=O) groups excluding carboxylic acids is 1. The second kappa shape index (κ2) is 7.58. The van der Waals surface area contributed by atoms with E-state index in [1.807, 2.05) is 6.07 Å². The number of rotatable bonds is 4. The van der Waals surface area contributed by atoms with E-state index in [2.05, 4.69) is 39.5 Å². The molecule has 1 aliphatic heterocycles. The van der Waals surface area contributed by atoms with Gasteiger partial charge in [-0.25, -0.2) is 9.37 Å². The van der Waals surface area contributed by atoms with E-state index < -0.39 is 0 Å². The summed E-state index contributed by atoms with van der Waals surface area (Å²) in [7, 11) is 0. The highest BCUT2D eigenvalue weighted by Crippen LogP contribution is 2.29. The summed E-state index contributed by atoms with van der Waals surface area (Å²) in [6, 6.07) is 14.9. The Morgan fingerprint density at radius 2 is 2.07 bits per heavy atom. The lowest BCUT2D eigenvalue weighted by molar-refractivity contribution is 0.102. The fourth-order valence-electron chi connectivity index (χ4n) is 3.18. The molecule has 2 heterocycles. The van der Waals surface area contributed by atoms with Crippen LogP contribution in [0.5, 0.6) is 0 Å². The van der Waals surface area contributed by atoms with Gasteiger partial charge >= 0.3 is 0 Å². The molecular weight excluding hydrogens is 361 g/mol. The third-order valence-corrected chi connectivity index (χ3v) is 5.71. The molecule has 4 nitrogen and oxygen atoms in total. The van der Waals surface area contributed by atoms with E-state index in [0.717, 1.165) is 31.7 Å². The van der Waals surface area contributed by atoms with Crippen molar-refractivity contribution >= 4 is 22.4 Å². The molecule has 1 aliphatic rings. The fourth-order valence-corrected chi connectivity index (χ4v) is 4.23. The molecule has 0 saturated carbocycles. The number of aromatic nitrogens is 1. The summed E-state index contributed by atoms with van der Waals surface area (Å²) in [5, 5.41) is 3.39. The van der Waals surface area contributed by atoms with Crippen LogP contribution in [0.25, 0.3) is 0 Å². The van der Waals surface area contributed by atoms with Gasteiger partial charge < -0.3 is 0 Å². The van der Waals surface area contributed by atoms with Crippen molar-refractivity contribution in [3.8, 4) is 0 Å². The lowest BCUT2D eigenvalue weighted by atomic mass is 10.1. The molecule has 2 aromatic carbocycles. The molecule has 0 bridgehead atoms. The van der Waals surface area contributed by atoms with Gasteiger partial charge in [-0.3, -0.25) is 15.0 Å². The summed E-state index contributed by atoms with van der Waals surface area (Å²) < 4.78 is 13.7. The number of amides is 1. The molecule has 6 heteroatoms. The quantitative estimate of drug-likeness (QED) is 0.728. The largest absolute Gasteiger partial charge is 0.298 e.